The molecule has 1 aromatic heterocycles. The summed E-state index contributed by atoms with van der Waals surface area (Å²) < 4.78 is 5.46. The zero-order valence-electron chi connectivity index (χ0n) is 9.83. The molecule has 0 spiro atoms. The summed E-state index contributed by atoms with van der Waals surface area (Å²) in [7, 11) is 0. The number of pyridine rings is 1. The van der Waals surface area contributed by atoms with E-state index in [0.29, 0.717) is 34.9 Å². The highest BCUT2D eigenvalue weighted by Gasteiger charge is 2.33. The molecule has 1 saturated heterocycles. The number of halogens is 2. The first kappa shape index (κ1) is 12.7. The zero-order valence-corrected chi connectivity index (χ0v) is 11.3. The Morgan fingerprint density at radius 3 is 2.76 bits per heavy atom. The Hall–Kier alpha value is -0.710. The van der Waals surface area contributed by atoms with Gasteiger partial charge in [-0.1, -0.05) is 23.2 Å². The average Bonchev–Trinajstić information content (AvgIpc) is 2.23. The van der Waals surface area contributed by atoms with Gasteiger partial charge in [-0.15, -0.1) is 0 Å². The minimum absolute atomic E-state index is 0.158. The third-order valence-corrected chi connectivity index (χ3v) is 3.42. The van der Waals surface area contributed by atoms with Gasteiger partial charge in [-0.3, -0.25) is 0 Å². The second-order valence-corrected chi connectivity index (χ2v) is 5.49. The maximum atomic E-state index is 6.18. The number of morpholine rings is 1. The maximum absolute atomic E-state index is 6.18. The van der Waals surface area contributed by atoms with Crippen molar-refractivity contribution in [3.05, 3.63) is 16.1 Å². The highest BCUT2D eigenvalue weighted by molar-refractivity contribution is 6.37. The van der Waals surface area contributed by atoms with Gasteiger partial charge in [0.15, 0.2) is 5.82 Å². The Balaban J connectivity index is 2.42. The molecule has 1 aromatic rings. The number of hydrogen-bond acceptors (Lipinski definition) is 4. The summed E-state index contributed by atoms with van der Waals surface area (Å²) in [5, 5.41) is 0.893. The van der Waals surface area contributed by atoms with Crippen molar-refractivity contribution in [2.45, 2.75) is 19.4 Å². The fraction of sp³-hybridized carbons (Fsp3) is 0.545. The van der Waals surface area contributed by atoms with Gasteiger partial charge in [0, 0.05) is 6.54 Å². The topological polar surface area (TPSA) is 51.4 Å². The molecule has 2 N–H and O–H groups in total. The van der Waals surface area contributed by atoms with Crippen molar-refractivity contribution in [3.8, 4) is 0 Å². The lowest BCUT2D eigenvalue weighted by Gasteiger charge is -2.43. The first-order valence-corrected chi connectivity index (χ1v) is 6.14. The number of nitrogens with two attached hydrogens (primary N) is 1. The van der Waals surface area contributed by atoms with Gasteiger partial charge in [0.1, 0.15) is 5.82 Å². The van der Waals surface area contributed by atoms with E-state index in [4.69, 9.17) is 33.7 Å². The molecule has 0 aromatic carbocycles. The summed E-state index contributed by atoms with van der Waals surface area (Å²) in [6.45, 7) is 6.18. The number of rotatable bonds is 1. The lowest BCUT2D eigenvalue weighted by atomic mass is 10.0. The van der Waals surface area contributed by atoms with Crippen LogP contribution >= 0.6 is 23.2 Å². The van der Waals surface area contributed by atoms with Crippen molar-refractivity contribution in [1.82, 2.24) is 4.98 Å². The molecule has 4 nitrogen and oxygen atoms in total. The van der Waals surface area contributed by atoms with Gasteiger partial charge < -0.3 is 15.4 Å². The molecule has 1 fully saturated rings. The second-order valence-electron chi connectivity index (χ2n) is 4.68. The number of aromatic nitrogens is 1. The second kappa shape index (κ2) is 4.52. The monoisotopic (exact) mass is 275 g/mol. The summed E-state index contributed by atoms with van der Waals surface area (Å²) in [6.07, 6.45) is 0. The minimum Gasteiger partial charge on any atom is -0.382 e. The fourth-order valence-corrected chi connectivity index (χ4v) is 2.37. The van der Waals surface area contributed by atoms with Crippen LogP contribution in [0.15, 0.2) is 6.07 Å². The van der Waals surface area contributed by atoms with Crippen molar-refractivity contribution in [1.29, 1.82) is 0 Å². The lowest BCUT2D eigenvalue weighted by Crippen LogP contribution is -2.53. The minimum atomic E-state index is -0.158. The molecule has 17 heavy (non-hydrogen) atoms. The standard InChI is InChI=1S/C11H15Cl2N3O/c1-11(2)6-17-4-3-16(11)10-8(13)5-7(12)9(14)15-10/h5H,3-4,6H2,1-2H3,(H2,14,15). The largest absolute Gasteiger partial charge is 0.382 e. The van der Waals surface area contributed by atoms with Crippen molar-refractivity contribution in [3.63, 3.8) is 0 Å². The van der Waals surface area contributed by atoms with Crippen LogP contribution in [0, 0.1) is 0 Å². The number of hydrogen-bond donors (Lipinski definition) is 1. The van der Waals surface area contributed by atoms with Gasteiger partial charge in [0.05, 0.1) is 28.8 Å². The molecule has 0 bridgehead atoms. The van der Waals surface area contributed by atoms with Gasteiger partial charge >= 0.3 is 0 Å². The van der Waals surface area contributed by atoms with Crippen LogP contribution < -0.4 is 10.6 Å². The molecule has 0 aliphatic carbocycles. The Bertz CT molecular complexity index is 437. The Morgan fingerprint density at radius 1 is 1.41 bits per heavy atom. The van der Waals surface area contributed by atoms with Crippen LogP contribution in [0.2, 0.25) is 10.0 Å². The van der Waals surface area contributed by atoms with Gasteiger partial charge in [0.2, 0.25) is 0 Å². The SMILES string of the molecule is CC1(C)COCCN1c1nc(N)c(Cl)cc1Cl. The molecule has 1 aliphatic heterocycles. The normalized spacial score (nSPS) is 19.4. The van der Waals surface area contributed by atoms with Gasteiger partial charge in [-0.2, -0.15) is 0 Å². The van der Waals surface area contributed by atoms with Gasteiger partial charge in [-0.25, -0.2) is 4.98 Å². The van der Waals surface area contributed by atoms with E-state index in [-0.39, 0.29) is 5.54 Å². The molecule has 1 aliphatic rings. The Labute approximate surface area is 111 Å². The van der Waals surface area contributed by atoms with E-state index >= 15 is 0 Å². The summed E-state index contributed by atoms with van der Waals surface area (Å²) in [5.41, 5.74) is 5.57. The molecule has 0 atom stereocenters. The van der Waals surface area contributed by atoms with Crippen molar-refractivity contribution >= 4 is 34.8 Å². The number of anilines is 2. The smallest absolute Gasteiger partial charge is 0.150 e. The van der Waals surface area contributed by atoms with Crippen molar-refractivity contribution in [2.75, 3.05) is 30.4 Å². The highest BCUT2D eigenvalue weighted by atomic mass is 35.5. The number of nitrogen functional groups attached to an aromatic ring is 1. The van der Waals surface area contributed by atoms with E-state index in [0.717, 1.165) is 6.54 Å². The molecular formula is C11H15Cl2N3O. The van der Waals surface area contributed by atoms with Gasteiger partial charge in [0.25, 0.3) is 0 Å². The summed E-state index contributed by atoms with van der Waals surface area (Å²) in [4.78, 5) is 6.38. The third-order valence-electron chi connectivity index (χ3n) is 2.84. The van der Waals surface area contributed by atoms with E-state index in [2.05, 4.69) is 23.7 Å². The predicted octanol–water partition coefficient (Wildman–Crippen LogP) is 2.59. The van der Waals surface area contributed by atoms with Crippen LogP contribution in [0.3, 0.4) is 0 Å². The maximum Gasteiger partial charge on any atom is 0.150 e. The first-order valence-electron chi connectivity index (χ1n) is 5.39. The first-order chi connectivity index (χ1) is 7.92. The number of ether oxygens (including phenoxy) is 1. The molecule has 0 amide bonds. The van der Waals surface area contributed by atoms with E-state index in [1.54, 1.807) is 6.07 Å². The van der Waals surface area contributed by atoms with Gasteiger partial charge in [-0.05, 0) is 19.9 Å². The summed E-state index contributed by atoms with van der Waals surface area (Å²) in [5.74, 6) is 0.968. The zero-order chi connectivity index (χ0) is 12.6. The molecule has 0 saturated carbocycles. The van der Waals surface area contributed by atoms with Crippen LogP contribution in [0.5, 0.6) is 0 Å². The van der Waals surface area contributed by atoms with Crippen LogP contribution in [0.1, 0.15) is 13.8 Å². The van der Waals surface area contributed by atoms with E-state index in [9.17, 15) is 0 Å². The quantitative estimate of drug-likeness (QED) is 0.856. The lowest BCUT2D eigenvalue weighted by molar-refractivity contribution is 0.0639. The van der Waals surface area contributed by atoms with Crippen LogP contribution in [-0.2, 0) is 4.74 Å². The van der Waals surface area contributed by atoms with Crippen molar-refractivity contribution in [2.24, 2.45) is 0 Å². The average molecular weight is 276 g/mol. The van der Waals surface area contributed by atoms with E-state index < -0.39 is 0 Å². The number of nitrogens with zero attached hydrogens (tertiary/aromatic N) is 2. The predicted molar refractivity (Wildman–Crippen MR) is 70.9 cm³/mol. The van der Waals surface area contributed by atoms with E-state index in [1.165, 1.54) is 0 Å². The molecule has 0 radical (unpaired) electrons. The molecular weight excluding hydrogens is 261 g/mol. The molecule has 0 unspecified atom stereocenters. The highest BCUT2D eigenvalue weighted by Crippen LogP contribution is 2.34. The summed E-state index contributed by atoms with van der Waals surface area (Å²) >= 11 is 12.1. The van der Waals surface area contributed by atoms with Crippen LogP contribution in [0.4, 0.5) is 11.6 Å². The molecule has 6 heteroatoms. The molecule has 2 heterocycles. The van der Waals surface area contributed by atoms with Crippen LogP contribution in [-0.4, -0.2) is 30.3 Å². The van der Waals surface area contributed by atoms with Crippen LogP contribution in [0.25, 0.3) is 0 Å². The molecule has 94 valence electrons. The van der Waals surface area contributed by atoms with E-state index in [1.807, 2.05) is 0 Å². The Kier molecular flexibility index (Phi) is 3.39. The summed E-state index contributed by atoms with van der Waals surface area (Å²) in [6, 6.07) is 1.63. The Morgan fingerprint density at radius 2 is 2.12 bits per heavy atom. The fourth-order valence-electron chi connectivity index (χ4n) is 1.91. The third kappa shape index (κ3) is 2.44. The molecule has 2 rings (SSSR count). The van der Waals surface area contributed by atoms with Crippen molar-refractivity contribution < 1.29 is 4.74 Å².